The molecule has 1 aliphatic carbocycles. The summed E-state index contributed by atoms with van der Waals surface area (Å²) in [7, 11) is 0. The molecule has 4 nitrogen and oxygen atoms in total. The summed E-state index contributed by atoms with van der Waals surface area (Å²) in [5.41, 5.74) is 4.06. The molecular formula is C24H29NO3. The minimum absolute atomic E-state index is 0.0197. The molecule has 0 heterocycles. The summed E-state index contributed by atoms with van der Waals surface area (Å²) in [6.45, 7) is 7.98. The molecule has 2 aromatic carbocycles. The Labute approximate surface area is 167 Å². The molecule has 0 saturated heterocycles. The van der Waals surface area contributed by atoms with Gasteiger partial charge in [0.15, 0.2) is 6.10 Å². The van der Waals surface area contributed by atoms with Gasteiger partial charge in [0, 0.05) is 0 Å². The van der Waals surface area contributed by atoms with Gasteiger partial charge in [0.1, 0.15) is 0 Å². The number of aryl methyl sites for hydroxylation is 1. The Morgan fingerprint density at radius 2 is 1.75 bits per heavy atom. The van der Waals surface area contributed by atoms with Gasteiger partial charge < -0.3 is 10.1 Å². The zero-order valence-corrected chi connectivity index (χ0v) is 17.1. The van der Waals surface area contributed by atoms with E-state index in [1.807, 2.05) is 24.3 Å². The van der Waals surface area contributed by atoms with Crippen LogP contribution in [-0.4, -0.2) is 18.0 Å². The predicted octanol–water partition coefficient (Wildman–Crippen LogP) is 4.72. The topological polar surface area (TPSA) is 55.4 Å². The zero-order valence-electron chi connectivity index (χ0n) is 17.1. The van der Waals surface area contributed by atoms with Crippen molar-refractivity contribution in [2.75, 3.05) is 0 Å². The van der Waals surface area contributed by atoms with E-state index in [1.54, 1.807) is 19.1 Å². The lowest BCUT2D eigenvalue weighted by Crippen LogP contribution is -2.39. The number of carbonyl (C=O) groups is 2. The van der Waals surface area contributed by atoms with E-state index in [4.69, 9.17) is 4.74 Å². The van der Waals surface area contributed by atoms with E-state index in [-0.39, 0.29) is 17.4 Å². The van der Waals surface area contributed by atoms with Gasteiger partial charge in [0.2, 0.25) is 0 Å². The lowest BCUT2D eigenvalue weighted by atomic mass is 9.87. The summed E-state index contributed by atoms with van der Waals surface area (Å²) in [6.07, 6.45) is 2.13. The van der Waals surface area contributed by atoms with Gasteiger partial charge in [-0.1, -0.05) is 57.2 Å². The smallest absolute Gasteiger partial charge is 0.338 e. The summed E-state index contributed by atoms with van der Waals surface area (Å²) in [5.74, 6) is -0.742. The molecule has 0 spiro atoms. The molecule has 1 N–H and O–H groups in total. The molecule has 0 radical (unpaired) electrons. The normalized spacial score (nSPS) is 17.4. The maximum absolute atomic E-state index is 12.6. The van der Waals surface area contributed by atoms with Crippen molar-refractivity contribution in [3.8, 4) is 0 Å². The fraction of sp³-hybridized carbons (Fsp3) is 0.417. The molecule has 148 valence electrons. The number of ether oxygens (including phenoxy) is 1. The molecule has 2 atom stereocenters. The van der Waals surface area contributed by atoms with Crippen molar-refractivity contribution in [2.45, 2.75) is 64.5 Å². The van der Waals surface area contributed by atoms with Gasteiger partial charge in [0.05, 0.1) is 11.6 Å². The van der Waals surface area contributed by atoms with Crippen LogP contribution in [0, 0.1) is 0 Å². The van der Waals surface area contributed by atoms with Crippen LogP contribution in [0.3, 0.4) is 0 Å². The molecule has 0 bridgehead atoms. The first kappa shape index (κ1) is 20.1. The summed E-state index contributed by atoms with van der Waals surface area (Å²) in [4.78, 5) is 25.0. The van der Waals surface area contributed by atoms with Crippen molar-refractivity contribution < 1.29 is 14.3 Å². The van der Waals surface area contributed by atoms with E-state index in [9.17, 15) is 9.59 Å². The Bertz CT molecular complexity index is 849. The Hall–Kier alpha value is -2.62. The highest BCUT2D eigenvalue weighted by Crippen LogP contribution is 2.29. The van der Waals surface area contributed by atoms with Gasteiger partial charge in [-0.2, -0.15) is 0 Å². The molecule has 0 aromatic heterocycles. The fourth-order valence-corrected chi connectivity index (χ4v) is 3.58. The van der Waals surface area contributed by atoms with E-state index in [1.165, 1.54) is 11.1 Å². The lowest BCUT2D eigenvalue weighted by molar-refractivity contribution is -0.130. The van der Waals surface area contributed by atoms with Crippen molar-refractivity contribution in [3.05, 3.63) is 70.8 Å². The quantitative estimate of drug-likeness (QED) is 0.782. The third-order valence-corrected chi connectivity index (χ3v) is 5.33. The Morgan fingerprint density at radius 3 is 2.43 bits per heavy atom. The lowest BCUT2D eigenvalue weighted by Gasteiger charge is -2.27. The zero-order chi connectivity index (χ0) is 20.3. The molecule has 0 saturated carbocycles. The molecule has 0 fully saturated rings. The average molecular weight is 380 g/mol. The van der Waals surface area contributed by atoms with E-state index < -0.39 is 12.1 Å². The second-order valence-corrected chi connectivity index (χ2v) is 8.53. The van der Waals surface area contributed by atoms with Gasteiger partial charge in [-0.3, -0.25) is 4.79 Å². The van der Waals surface area contributed by atoms with E-state index in [0.717, 1.165) is 24.8 Å². The van der Waals surface area contributed by atoms with Gasteiger partial charge >= 0.3 is 5.97 Å². The number of benzene rings is 2. The van der Waals surface area contributed by atoms with Crippen molar-refractivity contribution in [3.63, 3.8) is 0 Å². The Balaban J connectivity index is 1.61. The van der Waals surface area contributed by atoms with Gasteiger partial charge in [-0.25, -0.2) is 4.79 Å². The summed E-state index contributed by atoms with van der Waals surface area (Å²) < 4.78 is 5.40. The number of hydrogen-bond acceptors (Lipinski definition) is 3. The van der Waals surface area contributed by atoms with Crippen LogP contribution < -0.4 is 5.32 Å². The summed E-state index contributed by atoms with van der Waals surface area (Å²) >= 11 is 0. The van der Waals surface area contributed by atoms with Gasteiger partial charge in [-0.15, -0.1) is 0 Å². The average Bonchev–Trinajstić information content (AvgIpc) is 2.67. The highest BCUT2D eigenvalue weighted by molar-refractivity contribution is 5.92. The van der Waals surface area contributed by atoms with Crippen LogP contribution >= 0.6 is 0 Å². The third kappa shape index (κ3) is 4.61. The van der Waals surface area contributed by atoms with Crippen molar-refractivity contribution >= 4 is 11.9 Å². The fourth-order valence-electron chi connectivity index (χ4n) is 3.58. The van der Waals surface area contributed by atoms with Crippen molar-refractivity contribution in [1.82, 2.24) is 5.32 Å². The first-order valence-corrected chi connectivity index (χ1v) is 9.95. The number of fused-ring (bicyclic) bond motifs is 1. The second kappa shape index (κ2) is 8.17. The predicted molar refractivity (Wildman–Crippen MR) is 110 cm³/mol. The van der Waals surface area contributed by atoms with Crippen molar-refractivity contribution in [1.29, 1.82) is 0 Å². The van der Waals surface area contributed by atoms with Crippen LogP contribution in [0.2, 0.25) is 0 Å². The Morgan fingerprint density at radius 1 is 1.07 bits per heavy atom. The second-order valence-electron chi connectivity index (χ2n) is 8.53. The standard InChI is InChI=1S/C24H29NO3/c1-16(28-23(27)18-12-14-19(15-13-18)24(2,3)4)22(26)25-21-11-7-9-17-8-5-6-10-20(17)21/h5-6,8,10,12-16,21H,7,9,11H2,1-4H3,(H,25,26)/t16-,21-/m0/s1. The van der Waals surface area contributed by atoms with Crippen LogP contribution in [0.4, 0.5) is 0 Å². The number of nitrogens with one attached hydrogen (secondary N) is 1. The highest BCUT2D eigenvalue weighted by atomic mass is 16.5. The van der Waals surface area contributed by atoms with Crippen molar-refractivity contribution in [2.24, 2.45) is 0 Å². The third-order valence-electron chi connectivity index (χ3n) is 5.33. The maximum atomic E-state index is 12.6. The molecule has 2 aromatic rings. The molecule has 1 aliphatic rings. The molecule has 1 amide bonds. The van der Waals surface area contributed by atoms with Crippen LogP contribution in [-0.2, 0) is 21.4 Å². The van der Waals surface area contributed by atoms with E-state index >= 15 is 0 Å². The van der Waals surface area contributed by atoms with Crippen LogP contribution in [0.25, 0.3) is 0 Å². The van der Waals surface area contributed by atoms with E-state index in [0.29, 0.717) is 5.56 Å². The van der Waals surface area contributed by atoms with Gasteiger partial charge in [-0.05, 0) is 60.4 Å². The maximum Gasteiger partial charge on any atom is 0.338 e. The Kier molecular flexibility index (Phi) is 5.87. The largest absolute Gasteiger partial charge is 0.449 e. The first-order chi connectivity index (χ1) is 13.3. The number of hydrogen-bond donors (Lipinski definition) is 1. The van der Waals surface area contributed by atoms with Crippen LogP contribution in [0.5, 0.6) is 0 Å². The highest BCUT2D eigenvalue weighted by Gasteiger charge is 2.25. The number of carbonyl (C=O) groups excluding carboxylic acids is 2. The molecular weight excluding hydrogens is 350 g/mol. The number of esters is 1. The van der Waals surface area contributed by atoms with Gasteiger partial charge in [0.25, 0.3) is 5.91 Å². The molecule has 0 aliphatic heterocycles. The summed E-state index contributed by atoms with van der Waals surface area (Å²) in [6, 6.07) is 15.5. The summed E-state index contributed by atoms with van der Waals surface area (Å²) in [5, 5.41) is 3.04. The van der Waals surface area contributed by atoms with E-state index in [2.05, 4.69) is 38.2 Å². The number of rotatable bonds is 4. The van der Waals surface area contributed by atoms with Crippen LogP contribution in [0.15, 0.2) is 48.5 Å². The molecule has 3 rings (SSSR count). The molecule has 0 unspecified atom stereocenters. The molecule has 28 heavy (non-hydrogen) atoms. The SMILES string of the molecule is C[C@H](OC(=O)c1ccc(C(C)(C)C)cc1)C(=O)N[C@H]1CCCc2ccccc21. The molecule has 4 heteroatoms. The minimum Gasteiger partial charge on any atom is -0.449 e. The monoisotopic (exact) mass is 379 g/mol. The number of amides is 1. The minimum atomic E-state index is -0.844. The first-order valence-electron chi connectivity index (χ1n) is 9.95. The van der Waals surface area contributed by atoms with Crippen LogP contribution in [0.1, 0.15) is 73.6 Å².